The van der Waals surface area contributed by atoms with Crippen molar-refractivity contribution in [2.24, 2.45) is 0 Å². The number of anilines is 1. The topological polar surface area (TPSA) is 75.9 Å². The molecule has 1 atom stereocenters. The van der Waals surface area contributed by atoms with Crippen LogP contribution < -0.4 is 5.32 Å². The van der Waals surface area contributed by atoms with Crippen molar-refractivity contribution < 1.29 is 4.79 Å². The van der Waals surface area contributed by atoms with Crippen molar-refractivity contribution in [3.05, 3.63) is 36.4 Å². The van der Waals surface area contributed by atoms with Gasteiger partial charge in [0.15, 0.2) is 0 Å². The van der Waals surface area contributed by atoms with E-state index in [1.807, 2.05) is 28.9 Å². The Hall–Kier alpha value is -2.44. The Kier molecular flexibility index (Phi) is 5.40. The van der Waals surface area contributed by atoms with Gasteiger partial charge < -0.3 is 10.2 Å². The molecule has 0 radical (unpaired) electrons. The number of nitrogens with zero attached hydrogens (tertiary/aromatic N) is 5. The number of carbonyl (C=O) groups is 1. The van der Waals surface area contributed by atoms with Gasteiger partial charge in [0.25, 0.3) is 0 Å². The Morgan fingerprint density at radius 1 is 1.33 bits per heavy atom. The number of hydrogen-bond acceptors (Lipinski definition) is 5. The third-order valence-electron chi connectivity index (χ3n) is 4.30. The van der Waals surface area contributed by atoms with E-state index in [9.17, 15) is 4.79 Å². The van der Waals surface area contributed by atoms with Gasteiger partial charge >= 0.3 is 0 Å². The lowest BCUT2D eigenvalue weighted by Gasteiger charge is -2.36. The van der Waals surface area contributed by atoms with Gasteiger partial charge in [-0.25, -0.2) is 9.97 Å². The van der Waals surface area contributed by atoms with Crippen LogP contribution in [0.25, 0.3) is 0 Å². The van der Waals surface area contributed by atoms with Gasteiger partial charge in [0.1, 0.15) is 0 Å². The lowest BCUT2D eigenvalue weighted by Crippen LogP contribution is -2.46. The minimum atomic E-state index is 0.187. The van der Waals surface area contributed by atoms with E-state index in [0.29, 0.717) is 18.9 Å². The van der Waals surface area contributed by atoms with Gasteiger partial charge in [-0.05, 0) is 37.8 Å². The van der Waals surface area contributed by atoms with Gasteiger partial charge in [0, 0.05) is 38.1 Å². The lowest BCUT2D eigenvalue weighted by atomic mass is 10.0. The summed E-state index contributed by atoms with van der Waals surface area (Å²) in [7, 11) is 0. The molecule has 128 valence electrons. The van der Waals surface area contributed by atoms with E-state index < -0.39 is 0 Å². The van der Waals surface area contributed by atoms with Crippen LogP contribution in [0.2, 0.25) is 0 Å². The molecule has 0 aromatic carbocycles. The van der Waals surface area contributed by atoms with Crippen LogP contribution in [0.4, 0.5) is 5.95 Å². The van der Waals surface area contributed by atoms with Gasteiger partial charge in [-0.1, -0.05) is 0 Å². The number of amides is 1. The summed E-state index contributed by atoms with van der Waals surface area (Å²) in [5.74, 6) is 0.750. The van der Waals surface area contributed by atoms with Gasteiger partial charge in [-0.3, -0.25) is 9.48 Å². The lowest BCUT2D eigenvalue weighted by molar-refractivity contribution is -0.134. The molecule has 0 spiro atoms. The molecule has 0 saturated carbocycles. The van der Waals surface area contributed by atoms with E-state index in [2.05, 4.69) is 20.4 Å². The average molecular weight is 328 g/mol. The third-order valence-corrected chi connectivity index (χ3v) is 4.30. The number of piperidine rings is 1. The second-order valence-corrected chi connectivity index (χ2v) is 6.23. The Bertz CT molecular complexity index is 656. The monoisotopic (exact) mass is 328 g/mol. The predicted octanol–water partition coefficient (Wildman–Crippen LogP) is 1.86. The van der Waals surface area contributed by atoms with Crippen molar-refractivity contribution in [2.45, 2.75) is 45.2 Å². The van der Waals surface area contributed by atoms with E-state index in [0.717, 1.165) is 31.5 Å². The number of rotatable bonds is 6. The molecule has 0 unspecified atom stereocenters. The minimum Gasteiger partial charge on any atom is -0.354 e. The van der Waals surface area contributed by atoms with Crippen molar-refractivity contribution in [3.63, 3.8) is 0 Å². The molecule has 0 bridgehead atoms. The molecular weight excluding hydrogens is 304 g/mol. The molecule has 1 N–H and O–H groups in total. The fourth-order valence-electron chi connectivity index (χ4n) is 3.12. The number of hydrogen-bond donors (Lipinski definition) is 1. The van der Waals surface area contributed by atoms with Crippen molar-refractivity contribution in [2.75, 3.05) is 18.4 Å². The van der Waals surface area contributed by atoms with E-state index in [-0.39, 0.29) is 11.9 Å². The highest BCUT2D eigenvalue weighted by atomic mass is 16.2. The highest BCUT2D eigenvalue weighted by Crippen LogP contribution is 2.19. The predicted molar refractivity (Wildman–Crippen MR) is 91.5 cm³/mol. The van der Waals surface area contributed by atoms with Crippen LogP contribution in [0.1, 0.15) is 31.2 Å². The molecule has 2 aromatic rings. The van der Waals surface area contributed by atoms with Gasteiger partial charge in [-0.15, -0.1) is 0 Å². The first-order chi connectivity index (χ1) is 11.7. The van der Waals surface area contributed by atoms with E-state index in [1.54, 1.807) is 18.5 Å². The third kappa shape index (κ3) is 4.31. The molecule has 1 amide bonds. The Morgan fingerprint density at radius 3 is 2.92 bits per heavy atom. The fraction of sp³-hybridized carbons (Fsp3) is 0.529. The second-order valence-electron chi connectivity index (χ2n) is 6.23. The molecule has 7 heteroatoms. The smallest absolute Gasteiger partial charge is 0.224 e. The molecule has 1 aliphatic rings. The summed E-state index contributed by atoms with van der Waals surface area (Å²) in [6.45, 7) is 4.19. The largest absolute Gasteiger partial charge is 0.354 e. The standard InChI is InChI=1S/C17H24N6O/c1-14-11-21-22(12-14)13-15-5-2-3-10-23(15)16(24)6-9-20-17-18-7-4-8-19-17/h4,7-8,11-12,15H,2-3,5-6,9-10,13H2,1H3,(H,18,19,20)/t15-/m1/s1. The van der Waals surface area contributed by atoms with Crippen molar-refractivity contribution >= 4 is 11.9 Å². The maximum atomic E-state index is 12.6. The molecule has 3 heterocycles. The summed E-state index contributed by atoms with van der Waals surface area (Å²) in [5.41, 5.74) is 1.15. The first kappa shape index (κ1) is 16.4. The molecule has 24 heavy (non-hydrogen) atoms. The normalized spacial score (nSPS) is 17.7. The number of aromatic nitrogens is 4. The molecule has 1 aliphatic heterocycles. The molecule has 0 aliphatic carbocycles. The van der Waals surface area contributed by atoms with Crippen LogP contribution >= 0.6 is 0 Å². The Morgan fingerprint density at radius 2 is 2.17 bits per heavy atom. The summed E-state index contributed by atoms with van der Waals surface area (Å²) in [6.07, 6.45) is 11.0. The maximum Gasteiger partial charge on any atom is 0.224 e. The summed E-state index contributed by atoms with van der Waals surface area (Å²) >= 11 is 0. The average Bonchev–Trinajstić information content (AvgIpc) is 3.01. The zero-order valence-electron chi connectivity index (χ0n) is 14.1. The zero-order valence-corrected chi connectivity index (χ0v) is 14.1. The molecule has 2 aromatic heterocycles. The zero-order chi connectivity index (χ0) is 16.8. The molecule has 1 fully saturated rings. The van der Waals surface area contributed by atoms with Gasteiger partial charge in [-0.2, -0.15) is 5.10 Å². The second kappa shape index (κ2) is 7.90. The number of aryl methyl sites for hydroxylation is 1. The van der Waals surface area contributed by atoms with Crippen molar-refractivity contribution in [1.29, 1.82) is 0 Å². The van der Waals surface area contributed by atoms with E-state index in [4.69, 9.17) is 0 Å². The van der Waals surface area contributed by atoms with Crippen LogP contribution in [0.15, 0.2) is 30.9 Å². The molecular formula is C17H24N6O. The molecule has 3 rings (SSSR count). The van der Waals surface area contributed by atoms with Crippen LogP contribution in [-0.2, 0) is 11.3 Å². The highest BCUT2D eigenvalue weighted by molar-refractivity contribution is 5.77. The van der Waals surface area contributed by atoms with Crippen LogP contribution in [0, 0.1) is 6.92 Å². The molecule has 7 nitrogen and oxygen atoms in total. The van der Waals surface area contributed by atoms with E-state index in [1.165, 1.54) is 6.42 Å². The quantitative estimate of drug-likeness (QED) is 0.876. The number of likely N-dealkylation sites (tertiary alicyclic amines) is 1. The number of nitrogens with one attached hydrogen (secondary N) is 1. The van der Waals surface area contributed by atoms with Crippen LogP contribution in [0.3, 0.4) is 0 Å². The fourth-order valence-corrected chi connectivity index (χ4v) is 3.12. The maximum absolute atomic E-state index is 12.6. The summed E-state index contributed by atoms with van der Waals surface area (Å²) in [6, 6.07) is 2.00. The number of carbonyl (C=O) groups excluding carboxylic acids is 1. The SMILES string of the molecule is Cc1cnn(C[C@H]2CCCCN2C(=O)CCNc2ncccn2)c1. The Labute approximate surface area is 142 Å². The molecule has 1 saturated heterocycles. The summed E-state index contributed by atoms with van der Waals surface area (Å²) < 4.78 is 1.95. The summed E-state index contributed by atoms with van der Waals surface area (Å²) in [4.78, 5) is 22.8. The van der Waals surface area contributed by atoms with Crippen molar-refractivity contribution in [3.8, 4) is 0 Å². The first-order valence-electron chi connectivity index (χ1n) is 8.52. The van der Waals surface area contributed by atoms with E-state index >= 15 is 0 Å². The van der Waals surface area contributed by atoms with Gasteiger partial charge in [0.2, 0.25) is 11.9 Å². The minimum absolute atomic E-state index is 0.187. The van der Waals surface area contributed by atoms with Crippen molar-refractivity contribution in [1.82, 2.24) is 24.6 Å². The Balaban J connectivity index is 1.53. The van der Waals surface area contributed by atoms with Crippen LogP contribution in [0.5, 0.6) is 0 Å². The highest BCUT2D eigenvalue weighted by Gasteiger charge is 2.26. The van der Waals surface area contributed by atoms with Gasteiger partial charge in [0.05, 0.1) is 18.8 Å². The first-order valence-corrected chi connectivity index (χ1v) is 8.52. The van der Waals surface area contributed by atoms with Crippen LogP contribution in [-0.4, -0.2) is 49.7 Å². The summed E-state index contributed by atoms with van der Waals surface area (Å²) in [5, 5.41) is 7.45.